The zero-order valence-electron chi connectivity index (χ0n) is 10.1. The fourth-order valence-electron chi connectivity index (χ4n) is 1.29. The monoisotopic (exact) mass is 258 g/mol. The summed E-state index contributed by atoms with van der Waals surface area (Å²) in [5.41, 5.74) is 6.07. The van der Waals surface area contributed by atoms with Crippen molar-refractivity contribution < 1.29 is 19.1 Å². The largest absolute Gasteiger partial charge is 0.465 e. The van der Waals surface area contributed by atoms with Crippen molar-refractivity contribution in [2.45, 2.75) is 0 Å². The molecule has 0 radical (unpaired) electrons. The summed E-state index contributed by atoms with van der Waals surface area (Å²) in [5.74, 6) is -1.14. The molecule has 0 saturated heterocycles. The third-order valence-corrected chi connectivity index (χ3v) is 3.45. The van der Waals surface area contributed by atoms with Crippen molar-refractivity contribution in [3.05, 3.63) is 10.4 Å². The van der Waals surface area contributed by atoms with Crippen molar-refractivity contribution in [3.63, 3.8) is 0 Å². The van der Waals surface area contributed by atoms with E-state index in [9.17, 15) is 9.59 Å². The average molecular weight is 258 g/mol. The number of nitrogens with two attached hydrogens (primary N) is 1. The number of rotatable bonds is 3. The zero-order chi connectivity index (χ0) is 13.2. The van der Waals surface area contributed by atoms with Crippen molar-refractivity contribution in [3.8, 4) is 0 Å². The zero-order valence-corrected chi connectivity index (χ0v) is 10.9. The summed E-state index contributed by atoms with van der Waals surface area (Å²) in [4.78, 5) is 25.0. The van der Waals surface area contributed by atoms with Gasteiger partial charge in [-0.1, -0.05) is 0 Å². The molecule has 7 heteroatoms. The Kier molecular flexibility index (Phi) is 3.95. The van der Waals surface area contributed by atoms with Gasteiger partial charge < -0.3 is 20.1 Å². The normalized spacial score (nSPS) is 9.88. The lowest BCUT2D eigenvalue weighted by atomic mass is 10.2. The molecule has 1 rings (SSSR count). The van der Waals surface area contributed by atoms with E-state index in [2.05, 4.69) is 9.47 Å². The van der Waals surface area contributed by atoms with Crippen LogP contribution in [0.15, 0.2) is 0 Å². The third kappa shape index (κ3) is 2.33. The maximum absolute atomic E-state index is 11.6. The molecule has 0 unspecified atom stereocenters. The van der Waals surface area contributed by atoms with Gasteiger partial charge in [-0.3, -0.25) is 0 Å². The van der Waals surface area contributed by atoms with Crippen LogP contribution in [0.2, 0.25) is 0 Å². The van der Waals surface area contributed by atoms with Crippen molar-refractivity contribution in [2.24, 2.45) is 0 Å². The van der Waals surface area contributed by atoms with E-state index < -0.39 is 11.9 Å². The lowest BCUT2D eigenvalue weighted by molar-refractivity contribution is 0.0602. The maximum atomic E-state index is 11.6. The molecule has 0 aliphatic rings. The van der Waals surface area contributed by atoms with Crippen molar-refractivity contribution in [1.82, 2.24) is 0 Å². The number of carbonyl (C=O) groups excluding carboxylic acids is 2. The van der Waals surface area contributed by atoms with Crippen LogP contribution in [-0.4, -0.2) is 40.3 Å². The van der Waals surface area contributed by atoms with Gasteiger partial charge in [-0.25, -0.2) is 9.59 Å². The predicted molar refractivity (Wildman–Crippen MR) is 65.7 cm³/mol. The second kappa shape index (κ2) is 5.05. The third-order valence-electron chi connectivity index (χ3n) is 2.09. The number of carbonyl (C=O) groups is 2. The molecule has 6 nitrogen and oxygen atoms in total. The first-order valence-corrected chi connectivity index (χ1v) is 5.51. The molecule has 94 valence electrons. The van der Waals surface area contributed by atoms with Gasteiger partial charge in [-0.2, -0.15) is 0 Å². The van der Waals surface area contributed by atoms with Gasteiger partial charge >= 0.3 is 11.9 Å². The molecule has 0 aliphatic heterocycles. The Bertz CT molecular complexity index is 453. The van der Waals surface area contributed by atoms with Crippen LogP contribution in [0.1, 0.15) is 20.0 Å². The quantitative estimate of drug-likeness (QED) is 0.813. The molecule has 0 bridgehead atoms. The van der Waals surface area contributed by atoms with Gasteiger partial charge in [0.15, 0.2) is 0 Å². The van der Waals surface area contributed by atoms with E-state index in [-0.39, 0.29) is 16.1 Å². The Hall–Kier alpha value is -1.76. The van der Waals surface area contributed by atoms with E-state index in [0.717, 1.165) is 11.3 Å². The lowest BCUT2D eigenvalue weighted by Gasteiger charge is -2.11. The van der Waals surface area contributed by atoms with Gasteiger partial charge in [0, 0.05) is 14.1 Å². The molecule has 17 heavy (non-hydrogen) atoms. The van der Waals surface area contributed by atoms with Crippen LogP contribution in [0.25, 0.3) is 0 Å². The SMILES string of the molecule is COC(=O)c1sc(N(C)C)c(C(=O)OC)c1N. The fourth-order valence-corrected chi connectivity index (χ4v) is 2.34. The summed E-state index contributed by atoms with van der Waals surface area (Å²) in [5, 5.41) is 0.565. The van der Waals surface area contributed by atoms with E-state index >= 15 is 0 Å². The summed E-state index contributed by atoms with van der Waals surface area (Å²) >= 11 is 1.10. The number of esters is 2. The van der Waals surface area contributed by atoms with E-state index in [4.69, 9.17) is 5.73 Å². The van der Waals surface area contributed by atoms with Crippen LogP contribution < -0.4 is 10.6 Å². The van der Waals surface area contributed by atoms with Crippen molar-refractivity contribution >= 4 is 34.0 Å². The minimum atomic E-state index is -0.572. The summed E-state index contributed by atoms with van der Waals surface area (Å²) in [7, 11) is 6.02. The van der Waals surface area contributed by atoms with Crippen LogP contribution >= 0.6 is 11.3 Å². The molecule has 0 atom stereocenters. The van der Waals surface area contributed by atoms with Crippen LogP contribution in [-0.2, 0) is 9.47 Å². The predicted octanol–water partition coefficient (Wildman–Crippen LogP) is 0.970. The lowest BCUT2D eigenvalue weighted by Crippen LogP contribution is -2.13. The molecule has 1 aromatic heterocycles. The Balaban J connectivity index is 3.40. The molecule has 1 aromatic rings. The maximum Gasteiger partial charge on any atom is 0.350 e. The van der Waals surface area contributed by atoms with Gasteiger partial charge in [0.1, 0.15) is 15.4 Å². The molecule has 0 saturated carbocycles. The van der Waals surface area contributed by atoms with Gasteiger partial charge in [-0.05, 0) is 0 Å². The molecular weight excluding hydrogens is 244 g/mol. The number of hydrogen-bond acceptors (Lipinski definition) is 7. The number of anilines is 2. The van der Waals surface area contributed by atoms with Gasteiger partial charge in [-0.15, -0.1) is 11.3 Å². The van der Waals surface area contributed by atoms with Crippen molar-refractivity contribution in [2.75, 3.05) is 38.9 Å². The minimum absolute atomic E-state index is 0.0948. The first-order chi connectivity index (χ1) is 7.93. The van der Waals surface area contributed by atoms with Gasteiger partial charge in [0.2, 0.25) is 0 Å². The van der Waals surface area contributed by atoms with E-state index in [1.807, 2.05) is 0 Å². The molecule has 0 aromatic carbocycles. The minimum Gasteiger partial charge on any atom is -0.465 e. The topological polar surface area (TPSA) is 81.9 Å². The van der Waals surface area contributed by atoms with Crippen molar-refractivity contribution in [1.29, 1.82) is 0 Å². The number of thiophene rings is 1. The Labute approximate surface area is 103 Å². The highest BCUT2D eigenvalue weighted by atomic mass is 32.1. The number of methoxy groups -OCH3 is 2. The van der Waals surface area contributed by atoms with Gasteiger partial charge in [0.05, 0.1) is 19.9 Å². The van der Waals surface area contributed by atoms with E-state index in [1.54, 1.807) is 19.0 Å². The van der Waals surface area contributed by atoms with Crippen LogP contribution in [0.3, 0.4) is 0 Å². The highest BCUT2D eigenvalue weighted by Crippen LogP contribution is 2.38. The summed E-state index contributed by atoms with van der Waals surface area (Å²) in [6, 6.07) is 0. The van der Waals surface area contributed by atoms with E-state index in [1.165, 1.54) is 14.2 Å². The second-order valence-corrected chi connectivity index (χ2v) is 4.40. The number of nitrogen functional groups attached to an aromatic ring is 1. The first-order valence-electron chi connectivity index (χ1n) is 4.70. The first kappa shape index (κ1) is 13.3. The van der Waals surface area contributed by atoms with Crippen LogP contribution in [0.4, 0.5) is 10.7 Å². The standard InChI is InChI=1S/C10H14N2O4S/c1-12(2)8-5(9(13)15-3)6(11)7(17-8)10(14)16-4/h11H2,1-4H3. The molecule has 0 fully saturated rings. The van der Waals surface area contributed by atoms with Crippen LogP contribution in [0.5, 0.6) is 0 Å². The summed E-state index contributed by atoms with van der Waals surface area (Å²) in [6.45, 7) is 0. The highest BCUT2D eigenvalue weighted by Gasteiger charge is 2.27. The molecule has 0 amide bonds. The van der Waals surface area contributed by atoms with Crippen LogP contribution in [0, 0.1) is 0 Å². The fraction of sp³-hybridized carbons (Fsp3) is 0.400. The Morgan fingerprint density at radius 3 is 2.12 bits per heavy atom. The molecular formula is C10H14N2O4S. The number of hydrogen-bond donors (Lipinski definition) is 1. The number of nitrogens with zero attached hydrogens (tertiary/aromatic N) is 1. The highest BCUT2D eigenvalue weighted by molar-refractivity contribution is 7.19. The summed E-state index contributed by atoms with van der Waals surface area (Å²) < 4.78 is 9.24. The molecule has 0 spiro atoms. The average Bonchev–Trinajstić information content (AvgIpc) is 2.65. The molecule has 2 N–H and O–H groups in total. The summed E-state index contributed by atoms with van der Waals surface area (Å²) in [6.07, 6.45) is 0. The van der Waals surface area contributed by atoms with E-state index in [0.29, 0.717) is 5.00 Å². The Morgan fingerprint density at radius 1 is 1.18 bits per heavy atom. The molecule has 1 heterocycles. The van der Waals surface area contributed by atoms with Gasteiger partial charge in [0.25, 0.3) is 0 Å². The second-order valence-electron chi connectivity index (χ2n) is 3.40. The number of ether oxygens (including phenoxy) is 2. The Morgan fingerprint density at radius 2 is 1.71 bits per heavy atom. The smallest absolute Gasteiger partial charge is 0.350 e. The molecule has 0 aliphatic carbocycles.